The Morgan fingerprint density at radius 3 is 1.22 bits per heavy atom. The van der Waals surface area contributed by atoms with Crippen molar-refractivity contribution in [3.8, 4) is 33.8 Å². The Kier molecular flexibility index (Phi) is 16.9. The maximum atomic E-state index is 5.26. The molecular weight excluding hydrogens is 735 g/mol. The number of hydrogen-bond acceptors (Lipinski definition) is 2. The van der Waals surface area contributed by atoms with Gasteiger partial charge in [0.2, 0.25) is 0 Å². The summed E-state index contributed by atoms with van der Waals surface area (Å²) in [7, 11) is 3.42. The molecule has 0 saturated heterocycles. The molecule has 2 fully saturated rings. The largest absolute Gasteiger partial charge is 2.00 e. The van der Waals surface area contributed by atoms with Crippen LogP contribution in [-0.2, 0) is 26.2 Å². The monoisotopic (exact) mass is 780 g/mol. The summed E-state index contributed by atoms with van der Waals surface area (Å²) in [6.07, 6.45) is 11.7. The molecule has 2 saturated carbocycles. The minimum absolute atomic E-state index is 0. The third-order valence-corrected chi connectivity index (χ3v) is 10.0. The Bertz CT molecular complexity index is 1720. The van der Waals surface area contributed by atoms with Gasteiger partial charge in [0, 0.05) is 0 Å². The van der Waals surface area contributed by atoms with E-state index in [2.05, 4.69) is 98.8 Å². The van der Waals surface area contributed by atoms with Crippen molar-refractivity contribution in [1.29, 1.82) is 0 Å². The number of fused-ring (bicyclic) bond motifs is 2. The van der Waals surface area contributed by atoms with Crippen LogP contribution in [0.3, 0.4) is 0 Å². The van der Waals surface area contributed by atoms with E-state index in [1.807, 2.05) is 24.3 Å². The Labute approximate surface area is 331 Å². The van der Waals surface area contributed by atoms with Gasteiger partial charge in [-0.05, 0) is 72.9 Å². The van der Waals surface area contributed by atoms with Gasteiger partial charge < -0.3 is 54.6 Å². The molecular formula is C45H48Cl2O2Zr-4. The average Bonchev–Trinajstić information content (AvgIpc) is 3.95. The van der Waals surface area contributed by atoms with Gasteiger partial charge in [0.1, 0.15) is 11.5 Å². The van der Waals surface area contributed by atoms with E-state index in [0.717, 1.165) is 29.8 Å². The molecule has 2 aliphatic carbocycles. The molecule has 0 amide bonds. The predicted octanol–water partition coefficient (Wildman–Crippen LogP) is 6.83. The Hall–Kier alpha value is -2.84. The van der Waals surface area contributed by atoms with Crippen LogP contribution in [-0.4, -0.2) is 14.2 Å². The summed E-state index contributed by atoms with van der Waals surface area (Å²) in [4.78, 5) is 0. The molecule has 0 atom stereocenters. The maximum absolute atomic E-state index is 5.26. The first-order chi connectivity index (χ1) is 23.1. The molecule has 5 heteroatoms. The van der Waals surface area contributed by atoms with Gasteiger partial charge in [-0.1, -0.05) is 73.2 Å². The van der Waals surface area contributed by atoms with Crippen molar-refractivity contribution < 1.29 is 60.5 Å². The number of halogens is 2. The first-order valence-electron chi connectivity index (χ1n) is 17.4. The summed E-state index contributed by atoms with van der Waals surface area (Å²) in [6.45, 7) is 6.75. The predicted molar refractivity (Wildman–Crippen MR) is 201 cm³/mol. The van der Waals surface area contributed by atoms with E-state index in [4.69, 9.17) is 9.47 Å². The van der Waals surface area contributed by atoms with E-state index in [-0.39, 0.29) is 51.0 Å². The zero-order valence-electron chi connectivity index (χ0n) is 29.4. The zero-order valence-corrected chi connectivity index (χ0v) is 33.4. The summed E-state index contributed by atoms with van der Waals surface area (Å²) < 4.78 is 10.5. The molecule has 2 nitrogen and oxygen atoms in total. The van der Waals surface area contributed by atoms with Gasteiger partial charge in [-0.3, -0.25) is 0 Å². The van der Waals surface area contributed by atoms with E-state index in [1.165, 1.54) is 106 Å². The van der Waals surface area contributed by atoms with Crippen LogP contribution in [0.2, 0.25) is 0 Å². The molecule has 0 unspecified atom stereocenters. The van der Waals surface area contributed by atoms with Crippen LogP contribution in [0.5, 0.6) is 11.5 Å². The minimum Gasteiger partial charge on any atom is -1.00 e. The molecule has 8 rings (SSSR count). The fraction of sp³-hybridized carbons (Fsp3) is 0.289. The molecule has 0 aliphatic heterocycles. The van der Waals surface area contributed by atoms with E-state index in [9.17, 15) is 0 Å². The molecule has 50 heavy (non-hydrogen) atoms. The van der Waals surface area contributed by atoms with Gasteiger partial charge in [-0.2, -0.15) is 12.1 Å². The first kappa shape index (κ1) is 41.6. The van der Waals surface area contributed by atoms with E-state index < -0.39 is 0 Å². The van der Waals surface area contributed by atoms with Gasteiger partial charge in [0.25, 0.3) is 0 Å². The number of methoxy groups -OCH3 is 2. The average molecular weight is 783 g/mol. The maximum Gasteiger partial charge on any atom is 2.00 e. The second kappa shape index (κ2) is 20.3. The quantitative estimate of drug-likeness (QED) is 0.173. The van der Waals surface area contributed by atoms with Crippen LogP contribution in [0, 0.1) is 13.8 Å². The third kappa shape index (κ3) is 9.73. The standard InChI is InChI=1S/2C21H21O.C3H6.2ClH.Zr/c2*1-22-19-11-9-16(10-12-19)20-8-4-7-17-13-18(14-21(17)20)15-5-2-3-6-15;1-3-2;;;/h2*4,7-15H,2-3,5-6H2,1H3;1-3H2;2*1H;/q2*-1;-2;;;+2/p-2. The number of benzene rings is 4. The Balaban J connectivity index is 0.000000238. The molecule has 2 aliphatic rings. The SMILES string of the molecule is COc1ccc(-c2cccc3[cH-]c(C4CCCC4)cc23)cc1.COc1ccc(-c2cccc3[cH-]c(C4CCCC4)cc23)cc1.[CH2-]C[CH2-].[Cl-].[Cl-].[Zr+2]. The van der Waals surface area contributed by atoms with E-state index in [1.54, 1.807) is 14.2 Å². The molecule has 0 bridgehead atoms. The summed E-state index contributed by atoms with van der Waals surface area (Å²) in [6, 6.07) is 39.6. The van der Waals surface area contributed by atoms with Gasteiger partial charge in [-0.15, -0.1) is 69.1 Å². The van der Waals surface area contributed by atoms with Crippen molar-refractivity contribution in [2.24, 2.45) is 0 Å². The minimum atomic E-state index is 0. The van der Waals surface area contributed by atoms with Crippen molar-refractivity contribution >= 4 is 21.5 Å². The smallest absolute Gasteiger partial charge is 1.00 e. The molecule has 0 heterocycles. The molecule has 6 aromatic carbocycles. The number of hydrogen-bond donors (Lipinski definition) is 0. The summed E-state index contributed by atoms with van der Waals surface area (Å²) in [5, 5.41) is 5.51. The van der Waals surface area contributed by atoms with Crippen LogP contribution in [0.4, 0.5) is 0 Å². The summed E-state index contributed by atoms with van der Waals surface area (Å²) >= 11 is 0. The van der Waals surface area contributed by atoms with E-state index in [0.29, 0.717) is 0 Å². The van der Waals surface area contributed by atoms with Crippen molar-refractivity contribution in [2.45, 2.75) is 69.6 Å². The van der Waals surface area contributed by atoms with Crippen molar-refractivity contribution in [3.63, 3.8) is 0 Å². The van der Waals surface area contributed by atoms with Crippen molar-refractivity contribution in [2.75, 3.05) is 14.2 Å². The zero-order chi connectivity index (χ0) is 32.6. The normalized spacial score (nSPS) is 14.0. The molecule has 262 valence electrons. The van der Waals surface area contributed by atoms with Gasteiger partial charge in [0.15, 0.2) is 0 Å². The Morgan fingerprint density at radius 2 is 0.900 bits per heavy atom. The van der Waals surface area contributed by atoms with Crippen LogP contribution < -0.4 is 34.3 Å². The number of ether oxygens (including phenoxy) is 2. The molecule has 0 N–H and O–H groups in total. The van der Waals surface area contributed by atoms with Crippen LogP contribution in [0.25, 0.3) is 43.8 Å². The van der Waals surface area contributed by atoms with Crippen LogP contribution in [0.15, 0.2) is 109 Å². The topological polar surface area (TPSA) is 18.5 Å². The second-order valence-electron chi connectivity index (χ2n) is 13.0. The van der Waals surface area contributed by atoms with E-state index >= 15 is 0 Å². The van der Waals surface area contributed by atoms with Crippen molar-refractivity contribution in [1.82, 2.24) is 0 Å². The summed E-state index contributed by atoms with van der Waals surface area (Å²) in [5.74, 6) is 3.36. The fourth-order valence-corrected chi connectivity index (χ4v) is 7.55. The third-order valence-electron chi connectivity index (χ3n) is 10.0. The summed E-state index contributed by atoms with van der Waals surface area (Å²) in [5.41, 5.74) is 8.24. The van der Waals surface area contributed by atoms with Crippen LogP contribution in [0.1, 0.15) is 80.8 Å². The molecule has 0 spiro atoms. The molecule has 0 aromatic heterocycles. The van der Waals surface area contributed by atoms with Gasteiger partial charge in [0.05, 0.1) is 14.2 Å². The van der Waals surface area contributed by atoms with Gasteiger partial charge in [-0.25, -0.2) is 0 Å². The van der Waals surface area contributed by atoms with Crippen molar-refractivity contribution in [3.05, 3.63) is 134 Å². The van der Waals surface area contributed by atoms with Gasteiger partial charge >= 0.3 is 26.2 Å². The molecule has 0 radical (unpaired) electrons. The fourth-order valence-electron chi connectivity index (χ4n) is 7.55. The molecule has 6 aromatic rings. The number of rotatable bonds is 6. The Morgan fingerprint density at radius 1 is 0.560 bits per heavy atom. The second-order valence-corrected chi connectivity index (χ2v) is 13.0. The van der Waals surface area contributed by atoms with Crippen LogP contribution >= 0.6 is 0 Å². The first-order valence-corrected chi connectivity index (χ1v) is 17.4.